The molecule has 2 rings (SSSR count). The molecule has 0 amide bonds. The Morgan fingerprint density at radius 1 is 1.40 bits per heavy atom. The van der Waals surface area contributed by atoms with E-state index in [4.69, 9.17) is 0 Å². The highest BCUT2D eigenvalue weighted by Gasteiger charge is 2.36. The van der Waals surface area contributed by atoms with Crippen LogP contribution in [0.15, 0.2) is 18.2 Å². The first-order valence-corrected chi connectivity index (χ1v) is 3.90. The van der Waals surface area contributed by atoms with Gasteiger partial charge in [-0.25, -0.2) is 0 Å². The molecule has 0 saturated carbocycles. The van der Waals surface area contributed by atoms with E-state index in [9.17, 15) is 13.2 Å². The Kier molecular flexibility index (Phi) is 2.04. The lowest BCUT2D eigenvalue weighted by atomic mass is 10.3. The van der Waals surface area contributed by atoms with Gasteiger partial charge in [-0.05, 0) is 11.1 Å². The molecule has 0 aliphatic rings. The minimum Gasteiger partial charge on any atom is -0.255 e. The number of aromatic amines is 1. The van der Waals surface area contributed by atoms with Gasteiger partial charge in [0.2, 0.25) is 5.82 Å². The van der Waals surface area contributed by atoms with Crippen LogP contribution in [0.1, 0.15) is 5.82 Å². The first-order valence-electron chi connectivity index (χ1n) is 3.90. The first kappa shape index (κ1) is 9.45. The fourth-order valence-corrected chi connectivity index (χ4v) is 0.954. The highest BCUT2D eigenvalue weighted by molar-refractivity contribution is 5.42. The van der Waals surface area contributed by atoms with Crippen molar-refractivity contribution in [1.82, 2.24) is 15.2 Å². The smallest absolute Gasteiger partial charge is 0.255 e. The van der Waals surface area contributed by atoms with E-state index in [0.717, 1.165) is 0 Å². The van der Waals surface area contributed by atoms with Crippen molar-refractivity contribution in [2.75, 3.05) is 0 Å². The van der Waals surface area contributed by atoms with Crippen LogP contribution in [-0.2, 0) is 6.18 Å². The number of alkyl halides is 3. The average Bonchev–Trinajstić information content (AvgIpc) is 2.67. The summed E-state index contributed by atoms with van der Waals surface area (Å²) in [6.07, 6.45) is -2.04. The highest BCUT2D eigenvalue weighted by Crippen LogP contribution is 2.26. The zero-order valence-electron chi connectivity index (χ0n) is 7.21. The van der Waals surface area contributed by atoms with E-state index < -0.39 is 12.0 Å². The van der Waals surface area contributed by atoms with Crippen molar-refractivity contribution in [2.24, 2.45) is 0 Å². The summed E-state index contributed by atoms with van der Waals surface area (Å²) in [5.74, 6) is -1.23. The second kappa shape index (κ2) is 3.24. The summed E-state index contributed by atoms with van der Waals surface area (Å²) in [5, 5.41) is 5.22. The number of rotatable bonds is 1. The first-order chi connectivity index (χ1) is 7.07. The number of hydrogen-bond acceptors (Lipinski definition) is 2. The fraction of sp³-hybridized carbons (Fsp3) is 0.125. The van der Waals surface area contributed by atoms with Crippen molar-refractivity contribution in [3.05, 3.63) is 30.2 Å². The van der Waals surface area contributed by atoms with Crippen molar-refractivity contribution in [3.63, 3.8) is 0 Å². The van der Waals surface area contributed by atoms with E-state index in [-0.39, 0.29) is 11.5 Å². The molecular formula is C8H4F3N4+. The molecule has 0 saturated heterocycles. The zero-order valence-corrected chi connectivity index (χ0v) is 7.21. The standard InChI is InChI=1S/C8H3F3N4/c9-8(10,11)7-13-6(14-15-7)5-3-1-2-4-12-5/h1-3H/p+1. The molecule has 15 heavy (non-hydrogen) atoms. The maximum absolute atomic E-state index is 12.2. The molecule has 1 N–H and O–H groups in total. The van der Waals surface area contributed by atoms with Gasteiger partial charge in [-0.1, -0.05) is 0 Å². The average molecular weight is 213 g/mol. The fourth-order valence-electron chi connectivity index (χ4n) is 0.954. The SMILES string of the molecule is FC(F)(F)c1nc(-c2cccc#[n+]2)n[nH]1. The van der Waals surface area contributed by atoms with Gasteiger partial charge in [-0.2, -0.15) is 18.2 Å². The minimum absolute atomic E-state index is 0.0980. The number of nitrogens with zero attached hydrogens (tertiary/aromatic N) is 3. The van der Waals surface area contributed by atoms with Gasteiger partial charge < -0.3 is 0 Å². The van der Waals surface area contributed by atoms with E-state index in [1.807, 2.05) is 0 Å². The normalized spacial score (nSPS) is 11.1. The van der Waals surface area contributed by atoms with Gasteiger partial charge in [-0.15, -0.1) is 5.10 Å². The van der Waals surface area contributed by atoms with Crippen LogP contribution in [0.4, 0.5) is 13.2 Å². The lowest BCUT2D eigenvalue weighted by Crippen LogP contribution is -2.07. The van der Waals surface area contributed by atoms with Gasteiger partial charge >= 0.3 is 18.1 Å². The summed E-state index contributed by atoms with van der Waals surface area (Å²) < 4.78 is 36.5. The summed E-state index contributed by atoms with van der Waals surface area (Å²) in [4.78, 5) is 6.98. The Morgan fingerprint density at radius 3 is 2.73 bits per heavy atom. The largest absolute Gasteiger partial charge is 0.451 e. The second-order valence-electron chi connectivity index (χ2n) is 2.66. The summed E-state index contributed by atoms with van der Waals surface area (Å²) in [6.45, 7) is 0. The van der Waals surface area contributed by atoms with Crippen LogP contribution in [0.3, 0.4) is 0 Å². The van der Waals surface area contributed by atoms with E-state index in [2.05, 4.69) is 21.3 Å². The maximum Gasteiger partial charge on any atom is 0.451 e. The molecule has 0 aliphatic carbocycles. The molecule has 7 heteroatoms. The van der Waals surface area contributed by atoms with E-state index in [0.29, 0.717) is 0 Å². The zero-order chi connectivity index (χ0) is 10.9. The number of halogens is 3. The Labute approximate surface area is 82.2 Å². The predicted molar refractivity (Wildman–Crippen MR) is 41.2 cm³/mol. The number of nitrogens with one attached hydrogen (secondary N) is 1. The Balaban J connectivity index is 2.37. The molecule has 2 aromatic rings. The number of H-pyrrole nitrogens is 1. The van der Waals surface area contributed by atoms with Crippen molar-refractivity contribution in [2.45, 2.75) is 6.18 Å². The van der Waals surface area contributed by atoms with Crippen LogP contribution in [0, 0.1) is 6.20 Å². The molecule has 0 bridgehead atoms. The molecule has 0 spiro atoms. The molecule has 76 valence electrons. The van der Waals surface area contributed by atoms with E-state index in [1.54, 1.807) is 11.2 Å². The topological polar surface area (TPSA) is 55.7 Å². The van der Waals surface area contributed by atoms with Crippen LogP contribution in [0.2, 0.25) is 0 Å². The van der Waals surface area contributed by atoms with Gasteiger partial charge in [-0.3, -0.25) is 5.10 Å². The van der Waals surface area contributed by atoms with Gasteiger partial charge in [0.1, 0.15) is 0 Å². The third kappa shape index (κ3) is 1.88. The molecule has 2 aromatic heterocycles. The number of hydrogen-bond donors (Lipinski definition) is 1. The number of aromatic nitrogens is 4. The Bertz CT molecular complexity index is 448. The van der Waals surface area contributed by atoms with Crippen molar-refractivity contribution >= 4 is 0 Å². The van der Waals surface area contributed by atoms with Crippen LogP contribution in [0.5, 0.6) is 0 Å². The lowest BCUT2D eigenvalue weighted by molar-refractivity contribution is -0.280. The Morgan fingerprint density at radius 2 is 2.20 bits per heavy atom. The van der Waals surface area contributed by atoms with Crippen molar-refractivity contribution in [3.8, 4) is 11.5 Å². The van der Waals surface area contributed by atoms with Gasteiger partial charge in [0.15, 0.2) is 0 Å². The van der Waals surface area contributed by atoms with Gasteiger partial charge in [0, 0.05) is 6.07 Å². The molecule has 0 atom stereocenters. The van der Waals surface area contributed by atoms with Crippen LogP contribution >= 0.6 is 0 Å². The highest BCUT2D eigenvalue weighted by atomic mass is 19.4. The van der Waals surface area contributed by atoms with Crippen LogP contribution in [-0.4, -0.2) is 15.2 Å². The molecule has 0 radical (unpaired) electrons. The summed E-state index contributed by atoms with van der Waals surface area (Å²) in [6, 6.07) is 4.62. The van der Waals surface area contributed by atoms with E-state index >= 15 is 0 Å². The summed E-state index contributed by atoms with van der Waals surface area (Å²) in [5.41, 5.74) is 0.240. The molecule has 0 aromatic carbocycles. The van der Waals surface area contributed by atoms with Gasteiger partial charge in [0.25, 0.3) is 5.82 Å². The molecule has 0 aliphatic heterocycles. The quantitative estimate of drug-likeness (QED) is 0.765. The van der Waals surface area contributed by atoms with Crippen molar-refractivity contribution in [1.29, 1.82) is 0 Å². The lowest BCUT2D eigenvalue weighted by Gasteiger charge is -1.97. The Hall–Kier alpha value is -2.10. The van der Waals surface area contributed by atoms with Crippen LogP contribution < -0.4 is 4.98 Å². The third-order valence-corrected chi connectivity index (χ3v) is 1.59. The monoisotopic (exact) mass is 213 g/mol. The third-order valence-electron chi connectivity index (χ3n) is 1.59. The van der Waals surface area contributed by atoms with Crippen LogP contribution in [0.25, 0.3) is 11.5 Å². The van der Waals surface area contributed by atoms with Crippen molar-refractivity contribution < 1.29 is 18.2 Å². The molecule has 0 fully saturated rings. The summed E-state index contributed by atoms with van der Waals surface area (Å²) >= 11 is 0. The molecule has 4 nitrogen and oxygen atoms in total. The molecule has 2 heterocycles. The summed E-state index contributed by atoms with van der Waals surface area (Å²) in [7, 11) is 0. The molecule has 0 unspecified atom stereocenters. The minimum atomic E-state index is -4.52. The predicted octanol–water partition coefficient (Wildman–Crippen LogP) is 0.891. The second-order valence-corrected chi connectivity index (χ2v) is 2.66. The molecular weight excluding hydrogens is 209 g/mol. The maximum atomic E-state index is 12.2. The van der Waals surface area contributed by atoms with Gasteiger partial charge in [0.05, 0.1) is 6.07 Å². The van der Waals surface area contributed by atoms with E-state index in [1.165, 1.54) is 12.1 Å².